The number of nitrogens with zero attached hydrogens (tertiary/aromatic N) is 2. The normalized spacial score (nSPS) is 23.6. The molecule has 2 fully saturated rings. The minimum atomic E-state index is -1.86. The van der Waals surface area contributed by atoms with Crippen molar-refractivity contribution in [2.45, 2.75) is 48.8 Å². The number of aliphatic hydroxyl groups is 2. The predicted molar refractivity (Wildman–Crippen MR) is 192 cm³/mol. The van der Waals surface area contributed by atoms with Gasteiger partial charge in [0, 0.05) is 42.4 Å². The summed E-state index contributed by atoms with van der Waals surface area (Å²) in [6.45, 7) is 0.620. The molecule has 1 heterocycles. The molecule has 0 radical (unpaired) electrons. The Morgan fingerprint density at radius 1 is 0.917 bits per heavy atom. The summed E-state index contributed by atoms with van der Waals surface area (Å²) in [5, 5.41) is 24.9. The van der Waals surface area contributed by atoms with E-state index in [-0.39, 0.29) is 53.4 Å². The Labute approximate surface area is 293 Å². The van der Waals surface area contributed by atoms with E-state index in [9.17, 15) is 19.4 Å². The van der Waals surface area contributed by atoms with Gasteiger partial charge in [-0.3, -0.25) is 4.79 Å². The van der Waals surface area contributed by atoms with Crippen LogP contribution in [0.3, 0.4) is 0 Å². The Kier molecular flexibility index (Phi) is 11.1. The lowest BCUT2D eigenvalue weighted by atomic mass is 9.51. The van der Waals surface area contributed by atoms with Crippen LogP contribution < -0.4 is 4.74 Å². The van der Waals surface area contributed by atoms with Gasteiger partial charge >= 0.3 is 0 Å². The lowest BCUT2D eigenvalue weighted by molar-refractivity contribution is -0.168. The standard InChI is InChI=1S/C40H45FN2O4.BrH/c1-42(2)32(23-28-13-7-4-8-14-28)20-22-38(45)43-26-34-35(27-43)40(46,33-24-31(41)19-21-36(33)47-3)37(44)25-39(34,29-15-9-5-10-16-29)30-17-11-6-12-18-30;/h4-19,21,24,32,34-35,37,44,46H,20,22-23,25-27H2,1-3H3;1H/t32?,34-,35+,37-,40+;/m1./s1. The number of ether oxygens (including phenoxy) is 1. The maximum Gasteiger partial charge on any atom is 0.222 e. The minimum absolute atomic E-state index is 0. The quantitative estimate of drug-likeness (QED) is 0.199. The Hall–Kier alpha value is -3.56. The van der Waals surface area contributed by atoms with E-state index in [1.165, 1.54) is 30.9 Å². The lowest BCUT2D eigenvalue weighted by Crippen LogP contribution is -2.60. The molecule has 4 aromatic carbocycles. The molecule has 48 heavy (non-hydrogen) atoms. The second-order valence-corrected chi connectivity index (χ2v) is 13.5. The van der Waals surface area contributed by atoms with Gasteiger partial charge in [-0.1, -0.05) is 91.0 Å². The number of carbonyl (C=O) groups is 1. The molecule has 8 heteroatoms. The first-order valence-electron chi connectivity index (χ1n) is 16.5. The zero-order valence-corrected chi connectivity index (χ0v) is 29.5. The molecule has 1 aliphatic carbocycles. The third kappa shape index (κ3) is 6.56. The first kappa shape index (κ1) is 35.7. The largest absolute Gasteiger partial charge is 0.496 e. The molecule has 6 nitrogen and oxygen atoms in total. The van der Waals surface area contributed by atoms with Crippen LogP contribution in [0.5, 0.6) is 5.75 Å². The summed E-state index contributed by atoms with van der Waals surface area (Å²) in [6, 6.07) is 34.7. The molecule has 1 saturated carbocycles. The van der Waals surface area contributed by atoms with E-state index in [1.807, 2.05) is 73.6 Å². The van der Waals surface area contributed by atoms with Crippen molar-refractivity contribution in [2.75, 3.05) is 34.3 Å². The van der Waals surface area contributed by atoms with E-state index in [0.29, 0.717) is 25.1 Å². The van der Waals surface area contributed by atoms with E-state index < -0.39 is 28.9 Å². The summed E-state index contributed by atoms with van der Waals surface area (Å²) >= 11 is 0. The molecule has 1 amide bonds. The highest BCUT2D eigenvalue weighted by atomic mass is 79.9. The molecule has 2 aliphatic rings. The molecule has 1 saturated heterocycles. The zero-order valence-electron chi connectivity index (χ0n) is 27.8. The molecule has 2 N–H and O–H groups in total. The summed E-state index contributed by atoms with van der Waals surface area (Å²) in [7, 11) is 5.57. The molecule has 6 rings (SSSR count). The number of benzene rings is 4. The number of likely N-dealkylation sites (tertiary alicyclic amines) is 1. The molecule has 0 bridgehead atoms. The van der Waals surface area contributed by atoms with Crippen molar-refractivity contribution in [1.82, 2.24) is 9.80 Å². The predicted octanol–water partition coefficient (Wildman–Crippen LogP) is 6.38. The fourth-order valence-electron chi connectivity index (χ4n) is 8.36. The minimum Gasteiger partial charge on any atom is -0.496 e. The summed E-state index contributed by atoms with van der Waals surface area (Å²) < 4.78 is 20.5. The van der Waals surface area contributed by atoms with Crippen molar-refractivity contribution in [3.63, 3.8) is 0 Å². The summed E-state index contributed by atoms with van der Waals surface area (Å²) in [4.78, 5) is 18.2. The van der Waals surface area contributed by atoms with Crippen molar-refractivity contribution >= 4 is 22.9 Å². The number of hydrogen-bond acceptors (Lipinski definition) is 5. The van der Waals surface area contributed by atoms with Crippen molar-refractivity contribution < 1.29 is 24.1 Å². The second kappa shape index (κ2) is 14.9. The van der Waals surface area contributed by atoms with E-state index in [2.05, 4.69) is 41.3 Å². The molecule has 5 atom stereocenters. The van der Waals surface area contributed by atoms with E-state index in [4.69, 9.17) is 4.74 Å². The maximum absolute atomic E-state index is 14.8. The smallest absolute Gasteiger partial charge is 0.222 e. The molecule has 4 aromatic rings. The van der Waals surface area contributed by atoms with Gasteiger partial charge in [0.05, 0.1) is 13.2 Å². The average Bonchev–Trinajstić information content (AvgIpc) is 3.56. The third-order valence-corrected chi connectivity index (χ3v) is 10.8. The second-order valence-electron chi connectivity index (χ2n) is 13.5. The number of halogens is 2. The van der Waals surface area contributed by atoms with Crippen LogP contribution in [0.2, 0.25) is 0 Å². The summed E-state index contributed by atoms with van der Waals surface area (Å²) in [6.07, 6.45) is 0.769. The van der Waals surface area contributed by atoms with Crippen molar-refractivity contribution in [3.05, 3.63) is 137 Å². The van der Waals surface area contributed by atoms with Crippen molar-refractivity contribution in [3.8, 4) is 5.75 Å². The SMILES string of the molecule is Br.COc1ccc(F)cc1[C@@]1(O)[C@H](O)CC(c2ccccc2)(c2ccccc2)[C@@H]2CN(C(=O)CCC(Cc3ccccc3)N(C)C)C[C@@H]21. The highest BCUT2D eigenvalue weighted by Gasteiger charge is 2.65. The van der Waals surface area contributed by atoms with Crippen LogP contribution in [0.4, 0.5) is 4.39 Å². The van der Waals surface area contributed by atoms with Gasteiger partial charge in [0.15, 0.2) is 0 Å². The molecule has 1 unspecified atom stereocenters. The van der Waals surface area contributed by atoms with E-state index >= 15 is 0 Å². The van der Waals surface area contributed by atoms with Crippen LogP contribution in [-0.2, 0) is 22.2 Å². The van der Waals surface area contributed by atoms with Crippen LogP contribution in [-0.4, -0.2) is 72.4 Å². The molecular formula is C40H46BrFN2O4. The highest BCUT2D eigenvalue weighted by Crippen LogP contribution is 2.60. The molecule has 0 aromatic heterocycles. The molecule has 1 aliphatic heterocycles. The van der Waals surface area contributed by atoms with Gasteiger partial charge in [-0.2, -0.15) is 0 Å². The van der Waals surface area contributed by atoms with Gasteiger partial charge in [0.1, 0.15) is 17.2 Å². The van der Waals surface area contributed by atoms with Gasteiger partial charge < -0.3 is 24.7 Å². The number of likely N-dealkylation sites (N-methyl/N-ethyl adjacent to an activating group) is 1. The van der Waals surface area contributed by atoms with E-state index in [1.54, 1.807) is 0 Å². The van der Waals surface area contributed by atoms with Crippen LogP contribution >= 0.6 is 17.0 Å². The Bertz CT molecular complexity index is 1620. The fraction of sp³-hybridized carbons (Fsp3) is 0.375. The number of methoxy groups -OCH3 is 1. The van der Waals surface area contributed by atoms with Gasteiger partial charge in [0.25, 0.3) is 0 Å². The number of carbonyl (C=O) groups excluding carboxylic acids is 1. The average molecular weight is 718 g/mol. The summed E-state index contributed by atoms with van der Waals surface area (Å²) in [5.41, 5.74) is 0.885. The Balaban J connectivity index is 0.00000451. The number of aliphatic hydroxyl groups excluding tert-OH is 1. The van der Waals surface area contributed by atoms with Gasteiger partial charge in [0.2, 0.25) is 5.91 Å². The van der Waals surface area contributed by atoms with E-state index in [0.717, 1.165) is 17.5 Å². The lowest BCUT2D eigenvalue weighted by Gasteiger charge is -2.55. The van der Waals surface area contributed by atoms with Crippen LogP contribution in [0.15, 0.2) is 109 Å². The topological polar surface area (TPSA) is 73.2 Å². The molecule has 254 valence electrons. The molecular weight excluding hydrogens is 671 g/mol. The van der Waals surface area contributed by atoms with Gasteiger partial charge in [-0.15, -0.1) is 17.0 Å². The molecule has 0 spiro atoms. The first-order valence-corrected chi connectivity index (χ1v) is 16.5. The zero-order chi connectivity index (χ0) is 33.2. The number of hydrogen-bond donors (Lipinski definition) is 2. The van der Waals surface area contributed by atoms with Gasteiger partial charge in [-0.25, -0.2) is 4.39 Å². The van der Waals surface area contributed by atoms with Crippen LogP contribution in [0, 0.1) is 17.7 Å². The van der Waals surface area contributed by atoms with Crippen LogP contribution in [0.25, 0.3) is 0 Å². The van der Waals surface area contributed by atoms with Gasteiger partial charge in [-0.05, 0) is 74.2 Å². The van der Waals surface area contributed by atoms with Crippen molar-refractivity contribution in [2.24, 2.45) is 11.8 Å². The maximum atomic E-state index is 14.8. The number of rotatable bonds is 10. The monoisotopic (exact) mass is 716 g/mol. The number of fused-ring (bicyclic) bond motifs is 1. The fourth-order valence-corrected chi connectivity index (χ4v) is 8.36. The Morgan fingerprint density at radius 3 is 2.04 bits per heavy atom. The highest BCUT2D eigenvalue weighted by molar-refractivity contribution is 8.93. The Morgan fingerprint density at radius 2 is 1.48 bits per heavy atom. The third-order valence-electron chi connectivity index (χ3n) is 10.8. The number of amides is 1. The summed E-state index contributed by atoms with van der Waals surface area (Å²) in [5.74, 6) is -1.11. The first-order chi connectivity index (χ1) is 22.7. The van der Waals surface area contributed by atoms with Crippen LogP contribution in [0.1, 0.15) is 41.5 Å². The van der Waals surface area contributed by atoms with Crippen molar-refractivity contribution in [1.29, 1.82) is 0 Å².